The van der Waals surface area contributed by atoms with Gasteiger partial charge in [-0.3, -0.25) is 9.59 Å². The van der Waals surface area contributed by atoms with Crippen molar-refractivity contribution in [1.82, 2.24) is 0 Å². The van der Waals surface area contributed by atoms with Gasteiger partial charge in [-0.1, -0.05) is 6.92 Å². The number of rotatable bonds is 1. The highest BCUT2D eigenvalue weighted by Gasteiger charge is 2.48. The summed E-state index contributed by atoms with van der Waals surface area (Å²) in [6.45, 7) is 5.09. The van der Waals surface area contributed by atoms with Crippen LogP contribution in [-0.4, -0.2) is 17.4 Å². The lowest BCUT2D eigenvalue weighted by Crippen LogP contribution is -2.32. The molecule has 1 saturated heterocycles. The molecule has 0 aromatic rings. The lowest BCUT2D eigenvalue weighted by atomic mass is 9.93. The Kier molecular flexibility index (Phi) is 1.74. The lowest BCUT2D eigenvalue weighted by Gasteiger charge is -2.17. The summed E-state index contributed by atoms with van der Waals surface area (Å²) >= 11 is 0. The van der Waals surface area contributed by atoms with E-state index in [1.807, 2.05) is 6.92 Å². The Hall–Kier alpha value is -0.860. The molecule has 2 atom stereocenters. The molecule has 1 rings (SSSR count). The molecule has 3 heteroatoms. The smallest absolute Gasteiger partial charge is 0.317 e. The van der Waals surface area contributed by atoms with E-state index >= 15 is 0 Å². The predicted molar refractivity (Wildman–Crippen MR) is 39.0 cm³/mol. The van der Waals surface area contributed by atoms with Crippen molar-refractivity contribution < 1.29 is 14.3 Å². The number of hydrogen-bond acceptors (Lipinski definition) is 3. The molecule has 2 unspecified atom stereocenters. The van der Waals surface area contributed by atoms with Crippen LogP contribution in [0.15, 0.2) is 0 Å². The fourth-order valence-corrected chi connectivity index (χ4v) is 1.17. The van der Waals surface area contributed by atoms with E-state index in [4.69, 9.17) is 4.74 Å². The zero-order valence-electron chi connectivity index (χ0n) is 7.01. The molecular formula is C8H12O3. The molecular weight excluding hydrogens is 144 g/mol. The number of cyclic esters (lactones) is 1. The van der Waals surface area contributed by atoms with E-state index in [1.165, 1.54) is 0 Å². The third-order valence-corrected chi connectivity index (χ3v) is 2.27. The average molecular weight is 156 g/mol. The van der Waals surface area contributed by atoms with Crippen LogP contribution in [0.2, 0.25) is 0 Å². The molecule has 0 aromatic carbocycles. The Morgan fingerprint density at radius 2 is 2.09 bits per heavy atom. The molecule has 0 N–H and O–H groups in total. The van der Waals surface area contributed by atoms with Crippen molar-refractivity contribution in [1.29, 1.82) is 0 Å². The highest BCUT2D eigenvalue weighted by molar-refractivity contribution is 6.08. The van der Waals surface area contributed by atoms with Gasteiger partial charge in [0.25, 0.3) is 0 Å². The van der Waals surface area contributed by atoms with Crippen LogP contribution in [0.3, 0.4) is 0 Å². The van der Waals surface area contributed by atoms with Crippen LogP contribution in [0.4, 0.5) is 0 Å². The Morgan fingerprint density at radius 1 is 1.55 bits per heavy atom. The van der Waals surface area contributed by atoms with E-state index < -0.39 is 11.5 Å². The molecule has 0 aliphatic carbocycles. The van der Waals surface area contributed by atoms with Gasteiger partial charge in [0.2, 0.25) is 0 Å². The molecule has 1 heterocycles. The molecule has 1 fully saturated rings. The summed E-state index contributed by atoms with van der Waals surface area (Å²) in [4.78, 5) is 22.2. The molecule has 1 aliphatic heterocycles. The zero-order chi connectivity index (χ0) is 8.65. The summed E-state index contributed by atoms with van der Waals surface area (Å²) in [7, 11) is 0. The Labute approximate surface area is 65.7 Å². The van der Waals surface area contributed by atoms with Crippen LogP contribution in [0.25, 0.3) is 0 Å². The maximum absolute atomic E-state index is 11.3. The van der Waals surface area contributed by atoms with Crippen LogP contribution in [0.1, 0.15) is 27.2 Å². The van der Waals surface area contributed by atoms with Gasteiger partial charge in [0, 0.05) is 0 Å². The van der Waals surface area contributed by atoms with E-state index in [0.29, 0.717) is 6.42 Å². The minimum Gasteiger partial charge on any atom is -0.451 e. The van der Waals surface area contributed by atoms with Gasteiger partial charge in [-0.15, -0.1) is 0 Å². The average Bonchev–Trinajstić information content (AvgIpc) is 2.17. The SMILES string of the molecule is CCC1(C)OC(=O)C(C)C1=O. The van der Waals surface area contributed by atoms with Gasteiger partial charge >= 0.3 is 5.97 Å². The zero-order valence-corrected chi connectivity index (χ0v) is 7.01. The number of hydrogen-bond donors (Lipinski definition) is 0. The summed E-state index contributed by atoms with van der Waals surface area (Å²) in [5.41, 5.74) is -0.851. The maximum Gasteiger partial charge on any atom is 0.317 e. The first-order valence-corrected chi connectivity index (χ1v) is 3.78. The van der Waals surface area contributed by atoms with Gasteiger partial charge in [0.15, 0.2) is 11.4 Å². The highest BCUT2D eigenvalue weighted by Crippen LogP contribution is 2.29. The van der Waals surface area contributed by atoms with Crippen LogP contribution in [0.5, 0.6) is 0 Å². The van der Waals surface area contributed by atoms with Crippen LogP contribution < -0.4 is 0 Å². The molecule has 0 spiro atoms. The normalized spacial score (nSPS) is 37.5. The molecule has 0 saturated carbocycles. The van der Waals surface area contributed by atoms with Crippen LogP contribution in [0, 0.1) is 5.92 Å². The second-order valence-electron chi connectivity index (χ2n) is 3.09. The van der Waals surface area contributed by atoms with Gasteiger partial charge in [-0.05, 0) is 20.3 Å². The minimum atomic E-state index is -0.851. The largest absolute Gasteiger partial charge is 0.451 e. The van der Waals surface area contributed by atoms with Crippen molar-refractivity contribution in [3.63, 3.8) is 0 Å². The van der Waals surface area contributed by atoms with Crippen molar-refractivity contribution in [3.05, 3.63) is 0 Å². The number of Topliss-reactive ketones (excluding diaryl/α,β-unsaturated/α-hetero) is 1. The molecule has 0 radical (unpaired) electrons. The van der Waals surface area contributed by atoms with E-state index in [0.717, 1.165) is 0 Å². The van der Waals surface area contributed by atoms with E-state index in [-0.39, 0.29) is 11.8 Å². The predicted octanol–water partition coefficient (Wildman–Crippen LogP) is 0.917. The Morgan fingerprint density at radius 3 is 2.27 bits per heavy atom. The van der Waals surface area contributed by atoms with Crippen molar-refractivity contribution >= 4 is 11.8 Å². The minimum absolute atomic E-state index is 0.0926. The molecule has 3 nitrogen and oxygen atoms in total. The van der Waals surface area contributed by atoms with Crippen LogP contribution in [-0.2, 0) is 14.3 Å². The number of carbonyl (C=O) groups is 2. The third-order valence-electron chi connectivity index (χ3n) is 2.27. The van der Waals surface area contributed by atoms with Crippen LogP contribution >= 0.6 is 0 Å². The molecule has 0 aromatic heterocycles. The maximum atomic E-state index is 11.3. The topological polar surface area (TPSA) is 43.4 Å². The Bertz CT molecular complexity index is 209. The summed E-state index contributed by atoms with van der Waals surface area (Å²) in [6, 6.07) is 0. The first-order valence-electron chi connectivity index (χ1n) is 3.78. The molecule has 1 aliphatic rings. The fraction of sp³-hybridized carbons (Fsp3) is 0.750. The van der Waals surface area contributed by atoms with Crippen molar-refractivity contribution in [2.75, 3.05) is 0 Å². The quantitative estimate of drug-likeness (QED) is 0.418. The van der Waals surface area contributed by atoms with E-state index in [1.54, 1.807) is 13.8 Å². The highest BCUT2D eigenvalue weighted by atomic mass is 16.6. The van der Waals surface area contributed by atoms with Gasteiger partial charge < -0.3 is 4.74 Å². The number of ether oxygens (including phenoxy) is 1. The number of esters is 1. The van der Waals surface area contributed by atoms with Gasteiger partial charge in [0.05, 0.1) is 0 Å². The number of ketones is 1. The first kappa shape index (κ1) is 8.24. The van der Waals surface area contributed by atoms with Gasteiger partial charge in [0.1, 0.15) is 5.92 Å². The molecule has 62 valence electrons. The summed E-state index contributed by atoms with van der Waals surface area (Å²) in [6.07, 6.45) is 0.557. The summed E-state index contributed by atoms with van der Waals surface area (Å²) in [5, 5.41) is 0. The monoisotopic (exact) mass is 156 g/mol. The van der Waals surface area contributed by atoms with Crippen molar-refractivity contribution in [2.24, 2.45) is 5.92 Å². The molecule has 0 bridgehead atoms. The van der Waals surface area contributed by atoms with E-state index in [9.17, 15) is 9.59 Å². The second kappa shape index (κ2) is 2.32. The molecule has 11 heavy (non-hydrogen) atoms. The lowest BCUT2D eigenvalue weighted by molar-refractivity contribution is -0.151. The summed E-state index contributed by atoms with van der Waals surface area (Å²) in [5.74, 6) is -1.05. The summed E-state index contributed by atoms with van der Waals surface area (Å²) < 4.78 is 4.93. The first-order chi connectivity index (χ1) is 5.01. The molecule has 0 amide bonds. The third kappa shape index (κ3) is 1.04. The van der Waals surface area contributed by atoms with Crippen molar-refractivity contribution in [3.8, 4) is 0 Å². The standard InChI is InChI=1S/C8H12O3/c1-4-8(3)6(9)5(2)7(10)11-8/h5H,4H2,1-3H3. The number of carbonyl (C=O) groups excluding carboxylic acids is 2. The van der Waals surface area contributed by atoms with Crippen molar-refractivity contribution in [2.45, 2.75) is 32.8 Å². The fourth-order valence-electron chi connectivity index (χ4n) is 1.17. The van der Waals surface area contributed by atoms with Gasteiger partial charge in [-0.2, -0.15) is 0 Å². The van der Waals surface area contributed by atoms with Gasteiger partial charge in [-0.25, -0.2) is 0 Å². The van der Waals surface area contributed by atoms with E-state index in [2.05, 4.69) is 0 Å². The second-order valence-corrected chi connectivity index (χ2v) is 3.09. The Balaban J connectivity index is 2.91.